The molecular formula is C18H29F6NO5. The van der Waals surface area contributed by atoms with Gasteiger partial charge >= 0.3 is 24.2 Å². The van der Waals surface area contributed by atoms with Gasteiger partial charge in [0.1, 0.15) is 24.4 Å². The highest BCUT2D eigenvalue weighted by Crippen LogP contribution is 2.42. The standard InChI is InChI=1S/C18H29F6NO5/c1-2-30-15(29)12(25)14(28)13(27)11(26)9-7-5-3-4-6-8-10-17(21,22)18(23,24)16(19)20/h7,9,11-14,16,26-28H,2-6,8,10,25H2,1H3. The number of aliphatic hydroxyl groups is 3. The summed E-state index contributed by atoms with van der Waals surface area (Å²) in [6.45, 7) is 1.54. The highest BCUT2D eigenvalue weighted by molar-refractivity contribution is 5.76. The van der Waals surface area contributed by atoms with Crippen LogP contribution >= 0.6 is 0 Å². The van der Waals surface area contributed by atoms with Gasteiger partial charge in [-0.1, -0.05) is 25.0 Å². The zero-order valence-corrected chi connectivity index (χ0v) is 16.5. The first-order valence-electron chi connectivity index (χ1n) is 9.46. The summed E-state index contributed by atoms with van der Waals surface area (Å²) in [6.07, 6.45) is -7.48. The minimum Gasteiger partial charge on any atom is -0.465 e. The molecule has 178 valence electrons. The number of ether oxygens (including phenoxy) is 1. The Morgan fingerprint density at radius 1 is 1.03 bits per heavy atom. The number of unbranched alkanes of at least 4 members (excludes halogenated alkanes) is 4. The molecule has 6 nitrogen and oxygen atoms in total. The SMILES string of the molecule is CCOC(=O)C(N)C(O)C(O)C(O)C=CCCCCCCC(F)(F)C(F)(F)C(F)F. The van der Waals surface area contributed by atoms with Gasteiger partial charge in [0, 0.05) is 6.42 Å². The number of alkyl halides is 6. The summed E-state index contributed by atoms with van der Waals surface area (Å²) in [6, 6.07) is -1.56. The van der Waals surface area contributed by atoms with Gasteiger partial charge < -0.3 is 25.8 Å². The minimum atomic E-state index is -5.37. The van der Waals surface area contributed by atoms with Crippen molar-refractivity contribution >= 4 is 5.97 Å². The van der Waals surface area contributed by atoms with E-state index in [9.17, 15) is 46.5 Å². The van der Waals surface area contributed by atoms with Gasteiger partial charge in [-0.2, -0.15) is 17.6 Å². The summed E-state index contributed by atoms with van der Waals surface area (Å²) >= 11 is 0. The maximum Gasteiger partial charge on any atom is 0.369 e. The number of carbonyl (C=O) groups excluding carboxylic acids is 1. The summed E-state index contributed by atoms with van der Waals surface area (Å²) in [5.41, 5.74) is 5.42. The van der Waals surface area contributed by atoms with Crippen LogP contribution in [0.3, 0.4) is 0 Å². The van der Waals surface area contributed by atoms with E-state index in [2.05, 4.69) is 4.74 Å². The van der Waals surface area contributed by atoms with Crippen molar-refractivity contribution in [3.8, 4) is 0 Å². The summed E-state index contributed by atoms with van der Waals surface area (Å²) in [5.74, 6) is -11.1. The lowest BCUT2D eigenvalue weighted by atomic mass is 10.0. The van der Waals surface area contributed by atoms with Gasteiger partial charge in [0.05, 0.1) is 6.61 Å². The van der Waals surface area contributed by atoms with Crippen LogP contribution in [0.4, 0.5) is 26.3 Å². The van der Waals surface area contributed by atoms with Gasteiger partial charge in [-0.15, -0.1) is 0 Å². The van der Waals surface area contributed by atoms with E-state index >= 15 is 0 Å². The van der Waals surface area contributed by atoms with Gasteiger partial charge in [0.15, 0.2) is 0 Å². The van der Waals surface area contributed by atoms with Crippen molar-refractivity contribution < 1.29 is 51.2 Å². The van der Waals surface area contributed by atoms with E-state index in [1.165, 1.54) is 13.0 Å². The Labute approximate surface area is 170 Å². The largest absolute Gasteiger partial charge is 0.465 e. The highest BCUT2D eigenvalue weighted by Gasteiger charge is 2.61. The number of carbonyl (C=O) groups is 1. The van der Waals surface area contributed by atoms with Crippen LogP contribution in [0.5, 0.6) is 0 Å². The Kier molecular flexibility index (Phi) is 12.5. The molecule has 0 aromatic carbocycles. The van der Waals surface area contributed by atoms with Crippen LogP contribution in [0.2, 0.25) is 0 Å². The van der Waals surface area contributed by atoms with E-state index in [-0.39, 0.29) is 19.4 Å². The third-order valence-electron chi connectivity index (χ3n) is 4.33. The van der Waals surface area contributed by atoms with E-state index in [0.717, 1.165) is 6.08 Å². The molecule has 12 heteroatoms. The first-order valence-corrected chi connectivity index (χ1v) is 9.46. The first-order chi connectivity index (χ1) is 13.8. The molecule has 4 atom stereocenters. The molecule has 0 aliphatic heterocycles. The lowest BCUT2D eigenvalue weighted by Crippen LogP contribution is -2.52. The van der Waals surface area contributed by atoms with Gasteiger partial charge in [0.2, 0.25) is 0 Å². The third kappa shape index (κ3) is 8.78. The Hall–Kier alpha value is -1.37. The van der Waals surface area contributed by atoms with Crippen LogP contribution in [-0.2, 0) is 9.53 Å². The Bertz CT molecular complexity index is 535. The minimum absolute atomic E-state index is 0.0180. The molecule has 30 heavy (non-hydrogen) atoms. The summed E-state index contributed by atoms with van der Waals surface area (Å²) < 4.78 is 80.2. The van der Waals surface area contributed by atoms with Crippen molar-refractivity contribution in [1.82, 2.24) is 0 Å². The molecule has 4 unspecified atom stereocenters. The molecule has 0 aliphatic carbocycles. The molecule has 5 N–H and O–H groups in total. The molecule has 0 amide bonds. The van der Waals surface area contributed by atoms with Crippen molar-refractivity contribution in [1.29, 1.82) is 0 Å². The van der Waals surface area contributed by atoms with Crippen LogP contribution in [-0.4, -0.2) is 70.5 Å². The molecule has 0 fully saturated rings. The number of halogens is 6. The van der Waals surface area contributed by atoms with Crippen LogP contribution < -0.4 is 5.73 Å². The molecule has 0 spiro atoms. The topological polar surface area (TPSA) is 113 Å². The monoisotopic (exact) mass is 453 g/mol. The number of rotatable bonds is 15. The first kappa shape index (κ1) is 28.6. The third-order valence-corrected chi connectivity index (χ3v) is 4.33. The number of hydrogen-bond donors (Lipinski definition) is 4. The normalized spacial score (nSPS) is 17.2. The van der Waals surface area contributed by atoms with Crippen molar-refractivity contribution in [2.75, 3.05) is 6.61 Å². The Morgan fingerprint density at radius 2 is 1.60 bits per heavy atom. The molecule has 0 aromatic rings. The average molecular weight is 453 g/mol. The number of esters is 1. The molecule has 0 aromatic heterocycles. The second kappa shape index (κ2) is 13.1. The van der Waals surface area contributed by atoms with Crippen LogP contribution in [0.25, 0.3) is 0 Å². The second-order valence-corrected chi connectivity index (χ2v) is 6.76. The zero-order valence-electron chi connectivity index (χ0n) is 16.5. The Balaban J connectivity index is 4.20. The van der Waals surface area contributed by atoms with Crippen molar-refractivity contribution in [2.24, 2.45) is 5.73 Å². The molecule has 0 saturated carbocycles. The molecule has 0 radical (unpaired) electrons. The number of aliphatic hydroxyl groups excluding tert-OH is 3. The lowest BCUT2D eigenvalue weighted by Gasteiger charge is -2.25. The summed E-state index contributed by atoms with van der Waals surface area (Å²) in [5, 5.41) is 29.4. The molecule has 0 rings (SSSR count). The van der Waals surface area contributed by atoms with Gasteiger partial charge in [0.25, 0.3) is 0 Å². The number of hydrogen-bond acceptors (Lipinski definition) is 6. The molecule has 0 saturated heterocycles. The number of nitrogens with two attached hydrogens (primary N) is 1. The van der Waals surface area contributed by atoms with E-state index in [4.69, 9.17) is 5.73 Å². The zero-order chi connectivity index (χ0) is 23.5. The fourth-order valence-electron chi connectivity index (χ4n) is 2.43. The quantitative estimate of drug-likeness (QED) is 0.131. The highest BCUT2D eigenvalue weighted by atomic mass is 19.3. The predicted molar refractivity (Wildman–Crippen MR) is 95.4 cm³/mol. The molecule has 0 aliphatic rings. The van der Waals surface area contributed by atoms with Crippen molar-refractivity contribution in [2.45, 2.75) is 88.1 Å². The average Bonchev–Trinajstić information content (AvgIpc) is 2.67. The van der Waals surface area contributed by atoms with Gasteiger partial charge in [-0.25, -0.2) is 8.78 Å². The van der Waals surface area contributed by atoms with E-state index in [1.54, 1.807) is 0 Å². The van der Waals surface area contributed by atoms with E-state index in [1.807, 2.05) is 0 Å². The maximum absolute atomic E-state index is 13.1. The van der Waals surface area contributed by atoms with Crippen LogP contribution in [0.15, 0.2) is 12.2 Å². The van der Waals surface area contributed by atoms with Gasteiger partial charge in [-0.05, 0) is 26.2 Å². The number of allylic oxidation sites excluding steroid dienone is 1. The fraction of sp³-hybridized carbons (Fsp3) is 0.833. The van der Waals surface area contributed by atoms with Crippen molar-refractivity contribution in [3.05, 3.63) is 12.2 Å². The summed E-state index contributed by atoms with van der Waals surface area (Å²) in [4.78, 5) is 11.4. The summed E-state index contributed by atoms with van der Waals surface area (Å²) in [7, 11) is 0. The molecular weight excluding hydrogens is 424 g/mol. The van der Waals surface area contributed by atoms with Gasteiger partial charge in [-0.3, -0.25) is 4.79 Å². The molecule has 0 bridgehead atoms. The maximum atomic E-state index is 13.1. The lowest BCUT2D eigenvalue weighted by molar-refractivity contribution is -0.266. The van der Waals surface area contributed by atoms with Crippen LogP contribution in [0, 0.1) is 0 Å². The Morgan fingerprint density at radius 3 is 2.13 bits per heavy atom. The van der Waals surface area contributed by atoms with Crippen LogP contribution in [0.1, 0.15) is 45.4 Å². The van der Waals surface area contributed by atoms with E-state index in [0.29, 0.717) is 19.3 Å². The smallest absolute Gasteiger partial charge is 0.369 e. The predicted octanol–water partition coefficient (Wildman–Crippen LogP) is 2.39. The fourth-order valence-corrected chi connectivity index (χ4v) is 2.43. The van der Waals surface area contributed by atoms with E-state index < -0.39 is 55.0 Å². The second-order valence-electron chi connectivity index (χ2n) is 6.76. The van der Waals surface area contributed by atoms with Crippen molar-refractivity contribution in [3.63, 3.8) is 0 Å². The molecule has 0 heterocycles.